The van der Waals surface area contributed by atoms with Crippen molar-refractivity contribution in [2.75, 3.05) is 6.61 Å². The van der Waals surface area contributed by atoms with Gasteiger partial charge < -0.3 is 14.9 Å². The normalized spacial score (nSPS) is 10.6. The molecule has 0 aliphatic rings. The first-order valence-corrected chi connectivity index (χ1v) is 6.58. The van der Waals surface area contributed by atoms with Crippen molar-refractivity contribution < 1.29 is 19.7 Å². The zero-order valence-electron chi connectivity index (χ0n) is 12.0. The molecule has 6 heteroatoms. The number of carbonyl (C=O) groups is 1. The molecule has 2 aromatic carbocycles. The van der Waals surface area contributed by atoms with Crippen LogP contribution in [0, 0.1) is 6.92 Å². The number of aromatic hydroxyl groups is 2. The SMILES string of the molecule is Cc1cccc(OCC(=O)NN=Cc2ccc(O)cc2O)c1. The standard InChI is InChI=1S/C16H16N2O4/c1-11-3-2-4-14(7-11)22-10-16(21)18-17-9-12-5-6-13(19)8-15(12)20/h2-9,19-20H,10H2,1H3,(H,18,21). The fourth-order valence-electron chi connectivity index (χ4n) is 1.70. The molecular formula is C16H16N2O4. The fourth-order valence-corrected chi connectivity index (χ4v) is 1.70. The number of hydrogen-bond donors (Lipinski definition) is 3. The molecule has 0 radical (unpaired) electrons. The van der Waals surface area contributed by atoms with E-state index in [0.717, 1.165) is 5.56 Å². The molecular weight excluding hydrogens is 284 g/mol. The first-order valence-electron chi connectivity index (χ1n) is 6.58. The molecule has 2 aromatic rings. The van der Waals surface area contributed by atoms with Gasteiger partial charge in [0.1, 0.15) is 17.2 Å². The number of carbonyl (C=O) groups excluding carboxylic acids is 1. The van der Waals surface area contributed by atoms with Crippen molar-refractivity contribution in [2.45, 2.75) is 6.92 Å². The quantitative estimate of drug-likeness (QED) is 0.581. The van der Waals surface area contributed by atoms with Gasteiger partial charge in [0, 0.05) is 11.6 Å². The van der Waals surface area contributed by atoms with Gasteiger partial charge in [0.05, 0.1) is 6.21 Å². The van der Waals surface area contributed by atoms with Crippen LogP contribution in [0.3, 0.4) is 0 Å². The molecule has 0 spiro atoms. The summed E-state index contributed by atoms with van der Waals surface area (Å²) in [5, 5.41) is 22.4. The maximum absolute atomic E-state index is 11.6. The van der Waals surface area contributed by atoms with Crippen LogP contribution in [0.4, 0.5) is 0 Å². The number of phenolic OH excluding ortho intramolecular Hbond substituents is 2. The molecule has 3 N–H and O–H groups in total. The van der Waals surface area contributed by atoms with Crippen molar-refractivity contribution in [1.29, 1.82) is 0 Å². The average molecular weight is 300 g/mol. The molecule has 0 fully saturated rings. The number of amides is 1. The summed E-state index contributed by atoms with van der Waals surface area (Å²) in [4.78, 5) is 11.6. The predicted octanol–water partition coefficient (Wildman–Crippen LogP) is 1.94. The highest BCUT2D eigenvalue weighted by atomic mass is 16.5. The van der Waals surface area contributed by atoms with E-state index >= 15 is 0 Å². The Labute approximate surface area is 127 Å². The Morgan fingerprint density at radius 3 is 2.82 bits per heavy atom. The van der Waals surface area contributed by atoms with Crippen LogP contribution in [0.15, 0.2) is 47.6 Å². The molecule has 0 atom stereocenters. The number of aryl methyl sites for hydroxylation is 1. The summed E-state index contributed by atoms with van der Waals surface area (Å²) in [5.41, 5.74) is 3.70. The molecule has 0 heterocycles. The molecule has 0 bridgehead atoms. The third-order valence-corrected chi connectivity index (χ3v) is 2.77. The zero-order valence-corrected chi connectivity index (χ0v) is 12.0. The van der Waals surface area contributed by atoms with Gasteiger partial charge >= 0.3 is 0 Å². The van der Waals surface area contributed by atoms with Crippen LogP contribution in [0.1, 0.15) is 11.1 Å². The molecule has 0 aliphatic carbocycles. The Kier molecular flexibility index (Phi) is 4.98. The maximum atomic E-state index is 11.6. The summed E-state index contributed by atoms with van der Waals surface area (Å²) in [5.74, 6) is 0.00517. The zero-order chi connectivity index (χ0) is 15.9. The van der Waals surface area contributed by atoms with Crippen molar-refractivity contribution in [2.24, 2.45) is 5.10 Å². The van der Waals surface area contributed by atoms with Crippen LogP contribution in [-0.4, -0.2) is 28.9 Å². The average Bonchev–Trinajstić information content (AvgIpc) is 2.47. The van der Waals surface area contributed by atoms with Gasteiger partial charge in [0.2, 0.25) is 0 Å². The van der Waals surface area contributed by atoms with Gasteiger partial charge in [-0.05, 0) is 36.8 Å². The highest BCUT2D eigenvalue weighted by Gasteiger charge is 2.02. The maximum Gasteiger partial charge on any atom is 0.277 e. The minimum Gasteiger partial charge on any atom is -0.508 e. The van der Waals surface area contributed by atoms with Gasteiger partial charge in [-0.25, -0.2) is 5.43 Å². The Bertz CT molecular complexity index is 698. The lowest BCUT2D eigenvalue weighted by molar-refractivity contribution is -0.123. The highest BCUT2D eigenvalue weighted by Crippen LogP contribution is 2.20. The van der Waals surface area contributed by atoms with Crippen molar-refractivity contribution in [3.05, 3.63) is 53.6 Å². The highest BCUT2D eigenvalue weighted by molar-refractivity contribution is 5.85. The van der Waals surface area contributed by atoms with Crippen molar-refractivity contribution >= 4 is 12.1 Å². The summed E-state index contributed by atoms with van der Waals surface area (Å²) < 4.78 is 5.32. The molecule has 2 rings (SSSR count). The van der Waals surface area contributed by atoms with E-state index in [4.69, 9.17) is 9.84 Å². The molecule has 0 aliphatic heterocycles. The number of nitrogens with one attached hydrogen (secondary N) is 1. The lowest BCUT2D eigenvalue weighted by Crippen LogP contribution is -2.24. The number of phenols is 2. The van der Waals surface area contributed by atoms with Crippen LogP contribution in [0.2, 0.25) is 0 Å². The Hall–Kier alpha value is -3.02. The predicted molar refractivity (Wildman–Crippen MR) is 82.2 cm³/mol. The van der Waals surface area contributed by atoms with Gasteiger partial charge in [0.15, 0.2) is 6.61 Å². The molecule has 0 aromatic heterocycles. The van der Waals surface area contributed by atoms with E-state index in [1.807, 2.05) is 25.1 Å². The lowest BCUT2D eigenvalue weighted by Gasteiger charge is -2.05. The van der Waals surface area contributed by atoms with Crippen molar-refractivity contribution in [1.82, 2.24) is 5.43 Å². The summed E-state index contributed by atoms with van der Waals surface area (Å²) in [6, 6.07) is 11.4. The van der Waals surface area contributed by atoms with E-state index in [2.05, 4.69) is 10.5 Å². The van der Waals surface area contributed by atoms with Gasteiger partial charge in [-0.3, -0.25) is 4.79 Å². The smallest absolute Gasteiger partial charge is 0.277 e. The minimum atomic E-state index is -0.420. The van der Waals surface area contributed by atoms with Crippen molar-refractivity contribution in [3.8, 4) is 17.2 Å². The Morgan fingerprint density at radius 2 is 2.09 bits per heavy atom. The van der Waals surface area contributed by atoms with E-state index < -0.39 is 5.91 Å². The first kappa shape index (κ1) is 15.4. The van der Waals surface area contributed by atoms with Crippen LogP contribution < -0.4 is 10.2 Å². The van der Waals surface area contributed by atoms with Crippen LogP contribution in [0.25, 0.3) is 0 Å². The molecule has 1 amide bonds. The van der Waals surface area contributed by atoms with E-state index in [9.17, 15) is 9.90 Å². The van der Waals surface area contributed by atoms with E-state index in [0.29, 0.717) is 11.3 Å². The molecule has 0 saturated heterocycles. The monoisotopic (exact) mass is 300 g/mol. The Morgan fingerprint density at radius 1 is 1.27 bits per heavy atom. The third kappa shape index (κ3) is 4.52. The number of rotatable bonds is 5. The molecule has 22 heavy (non-hydrogen) atoms. The van der Waals surface area contributed by atoms with Gasteiger partial charge in [-0.2, -0.15) is 5.10 Å². The summed E-state index contributed by atoms with van der Waals surface area (Å²) in [6.07, 6.45) is 1.28. The molecule has 6 nitrogen and oxygen atoms in total. The number of hydrazone groups is 1. The summed E-state index contributed by atoms with van der Waals surface area (Å²) in [6.45, 7) is 1.77. The Balaban J connectivity index is 1.83. The summed E-state index contributed by atoms with van der Waals surface area (Å²) >= 11 is 0. The van der Waals surface area contributed by atoms with Crippen LogP contribution in [-0.2, 0) is 4.79 Å². The third-order valence-electron chi connectivity index (χ3n) is 2.77. The molecule has 0 unspecified atom stereocenters. The number of nitrogens with zero attached hydrogens (tertiary/aromatic N) is 1. The summed E-state index contributed by atoms with van der Waals surface area (Å²) in [7, 11) is 0. The minimum absolute atomic E-state index is 0.0507. The van der Waals surface area contributed by atoms with Crippen LogP contribution >= 0.6 is 0 Å². The van der Waals surface area contributed by atoms with Crippen LogP contribution in [0.5, 0.6) is 17.2 Å². The van der Waals surface area contributed by atoms with E-state index in [1.54, 1.807) is 6.07 Å². The van der Waals surface area contributed by atoms with Crippen molar-refractivity contribution in [3.63, 3.8) is 0 Å². The van der Waals surface area contributed by atoms with Gasteiger partial charge in [0.25, 0.3) is 5.91 Å². The second kappa shape index (κ2) is 7.12. The number of benzene rings is 2. The molecule has 114 valence electrons. The molecule has 0 saturated carbocycles. The second-order valence-electron chi connectivity index (χ2n) is 4.64. The largest absolute Gasteiger partial charge is 0.508 e. The topological polar surface area (TPSA) is 91.2 Å². The number of ether oxygens (including phenoxy) is 1. The van der Waals surface area contributed by atoms with E-state index in [1.165, 1.54) is 24.4 Å². The second-order valence-corrected chi connectivity index (χ2v) is 4.64. The van der Waals surface area contributed by atoms with Gasteiger partial charge in [-0.1, -0.05) is 12.1 Å². The first-order chi connectivity index (χ1) is 10.5. The van der Waals surface area contributed by atoms with E-state index in [-0.39, 0.29) is 18.1 Å². The fraction of sp³-hybridized carbons (Fsp3) is 0.125. The van der Waals surface area contributed by atoms with Gasteiger partial charge in [-0.15, -0.1) is 0 Å². The lowest BCUT2D eigenvalue weighted by atomic mass is 10.2. The number of hydrogen-bond acceptors (Lipinski definition) is 5.